The van der Waals surface area contributed by atoms with Crippen molar-refractivity contribution in [2.75, 3.05) is 13.2 Å². The van der Waals surface area contributed by atoms with Gasteiger partial charge in [0.15, 0.2) is 11.3 Å². The van der Waals surface area contributed by atoms with Gasteiger partial charge in [0.2, 0.25) is 0 Å². The number of benzene rings is 2. The van der Waals surface area contributed by atoms with Gasteiger partial charge in [0.1, 0.15) is 6.61 Å². The number of hydrogen-bond donors (Lipinski definition) is 1. The van der Waals surface area contributed by atoms with Crippen LogP contribution in [0.5, 0.6) is 5.88 Å². The Morgan fingerprint density at radius 3 is 2.64 bits per heavy atom. The predicted octanol–water partition coefficient (Wildman–Crippen LogP) is 5.10. The van der Waals surface area contributed by atoms with Crippen LogP contribution in [0.15, 0.2) is 53.3 Å². The summed E-state index contributed by atoms with van der Waals surface area (Å²) in [4.78, 5) is 15.8. The first-order valence-corrected chi connectivity index (χ1v) is 10.2. The van der Waals surface area contributed by atoms with Crippen molar-refractivity contribution in [3.8, 4) is 17.0 Å². The van der Waals surface area contributed by atoms with Crippen LogP contribution in [0.1, 0.15) is 38.2 Å². The first-order valence-electron chi connectivity index (χ1n) is 10.2. The number of fused-ring (bicyclic) bond motifs is 1. The highest BCUT2D eigenvalue weighted by Gasteiger charge is 2.15. The Labute approximate surface area is 165 Å². The normalized spacial score (nSPS) is 17.0. The maximum Gasteiger partial charge on any atom is 0.195 e. The molecule has 28 heavy (non-hydrogen) atoms. The minimum atomic E-state index is -0.0295. The fraction of sp³-hybridized carbons (Fsp3) is 0.375. The molecule has 1 fully saturated rings. The lowest BCUT2D eigenvalue weighted by molar-refractivity contribution is -0.0119. The van der Waals surface area contributed by atoms with Gasteiger partial charge >= 0.3 is 0 Å². The topological polar surface area (TPSA) is 51.3 Å². The molecule has 1 saturated heterocycles. The summed E-state index contributed by atoms with van der Waals surface area (Å²) in [6, 6.07) is 16.1. The molecule has 0 bridgehead atoms. The number of aromatic nitrogens is 1. The fourth-order valence-corrected chi connectivity index (χ4v) is 3.76. The van der Waals surface area contributed by atoms with Crippen LogP contribution in [0.3, 0.4) is 0 Å². The molecule has 0 aliphatic carbocycles. The molecule has 0 saturated carbocycles. The number of H-pyrrole nitrogens is 1. The van der Waals surface area contributed by atoms with E-state index in [0.29, 0.717) is 17.9 Å². The van der Waals surface area contributed by atoms with Crippen molar-refractivity contribution in [3.63, 3.8) is 0 Å². The van der Waals surface area contributed by atoms with Crippen LogP contribution < -0.4 is 10.2 Å². The van der Waals surface area contributed by atoms with E-state index in [9.17, 15) is 4.79 Å². The van der Waals surface area contributed by atoms with Gasteiger partial charge in [-0.15, -0.1) is 0 Å². The highest BCUT2D eigenvalue weighted by atomic mass is 16.5. The van der Waals surface area contributed by atoms with E-state index in [4.69, 9.17) is 9.47 Å². The Morgan fingerprint density at radius 1 is 1.07 bits per heavy atom. The quantitative estimate of drug-likeness (QED) is 0.650. The molecule has 0 radical (unpaired) electrons. The van der Waals surface area contributed by atoms with E-state index in [0.717, 1.165) is 48.9 Å². The van der Waals surface area contributed by atoms with Crippen LogP contribution in [0.4, 0.5) is 0 Å². The van der Waals surface area contributed by atoms with E-state index in [1.165, 1.54) is 18.1 Å². The van der Waals surface area contributed by atoms with Gasteiger partial charge in [-0.25, -0.2) is 0 Å². The minimum Gasteiger partial charge on any atom is -0.476 e. The molecular formula is C24H27NO3. The molecule has 4 nitrogen and oxygen atoms in total. The van der Waals surface area contributed by atoms with Gasteiger partial charge in [0, 0.05) is 18.1 Å². The number of rotatable bonds is 6. The average Bonchev–Trinajstić information content (AvgIpc) is 2.73. The molecule has 1 unspecified atom stereocenters. The van der Waals surface area contributed by atoms with E-state index >= 15 is 0 Å². The van der Waals surface area contributed by atoms with Crippen molar-refractivity contribution < 1.29 is 9.47 Å². The largest absolute Gasteiger partial charge is 0.476 e. The second-order valence-electron chi connectivity index (χ2n) is 7.50. The van der Waals surface area contributed by atoms with Crippen molar-refractivity contribution in [2.24, 2.45) is 0 Å². The Balaban J connectivity index is 1.57. The van der Waals surface area contributed by atoms with Crippen LogP contribution in [-0.4, -0.2) is 24.3 Å². The summed E-state index contributed by atoms with van der Waals surface area (Å²) >= 11 is 0. The van der Waals surface area contributed by atoms with Gasteiger partial charge in [-0.05, 0) is 54.5 Å². The second-order valence-corrected chi connectivity index (χ2v) is 7.50. The third-order valence-corrected chi connectivity index (χ3v) is 5.33. The zero-order chi connectivity index (χ0) is 19.3. The second kappa shape index (κ2) is 8.61. The van der Waals surface area contributed by atoms with E-state index in [-0.39, 0.29) is 11.5 Å². The summed E-state index contributed by atoms with van der Waals surface area (Å²) in [6.07, 6.45) is 5.65. The third-order valence-electron chi connectivity index (χ3n) is 5.33. The van der Waals surface area contributed by atoms with Gasteiger partial charge in [-0.1, -0.05) is 43.7 Å². The van der Waals surface area contributed by atoms with Crippen LogP contribution >= 0.6 is 0 Å². The van der Waals surface area contributed by atoms with Gasteiger partial charge < -0.3 is 14.5 Å². The first-order chi connectivity index (χ1) is 13.7. The van der Waals surface area contributed by atoms with Crippen molar-refractivity contribution >= 4 is 10.9 Å². The molecule has 1 N–H and O–H groups in total. The maximum absolute atomic E-state index is 12.5. The smallest absolute Gasteiger partial charge is 0.195 e. The summed E-state index contributed by atoms with van der Waals surface area (Å²) in [5.74, 6) is 0.502. The SMILES string of the molecule is CCCc1ccc(-c2ccc3c(=O)cc(OCC4CCCCO4)[nH]c3c2)cc1. The van der Waals surface area contributed by atoms with Crippen molar-refractivity contribution in [1.82, 2.24) is 4.98 Å². The zero-order valence-electron chi connectivity index (χ0n) is 16.4. The highest BCUT2D eigenvalue weighted by Crippen LogP contribution is 2.24. The minimum absolute atomic E-state index is 0.0295. The number of ether oxygens (including phenoxy) is 2. The molecule has 0 spiro atoms. The fourth-order valence-electron chi connectivity index (χ4n) is 3.76. The lowest BCUT2D eigenvalue weighted by Crippen LogP contribution is -2.26. The lowest BCUT2D eigenvalue weighted by atomic mass is 10.0. The molecule has 1 atom stereocenters. The molecular weight excluding hydrogens is 350 g/mol. The number of pyridine rings is 1. The number of nitrogens with one attached hydrogen (secondary N) is 1. The summed E-state index contributed by atoms with van der Waals surface area (Å²) in [7, 11) is 0. The number of aryl methyl sites for hydroxylation is 1. The van der Waals surface area contributed by atoms with Gasteiger partial charge in [0.25, 0.3) is 0 Å². The Hall–Kier alpha value is -2.59. The van der Waals surface area contributed by atoms with Crippen LogP contribution in [-0.2, 0) is 11.2 Å². The summed E-state index contributed by atoms with van der Waals surface area (Å²) in [5, 5.41) is 0.674. The van der Waals surface area contributed by atoms with Crippen LogP contribution in [0, 0.1) is 0 Å². The predicted molar refractivity (Wildman–Crippen MR) is 113 cm³/mol. The summed E-state index contributed by atoms with van der Waals surface area (Å²) in [6.45, 7) is 3.45. The molecule has 2 aromatic carbocycles. The Bertz CT molecular complexity index is 985. The molecule has 3 aromatic rings. The molecule has 1 aliphatic rings. The van der Waals surface area contributed by atoms with E-state index in [1.807, 2.05) is 18.2 Å². The Kier molecular flexibility index (Phi) is 5.77. The zero-order valence-corrected chi connectivity index (χ0v) is 16.4. The molecule has 0 amide bonds. The van der Waals surface area contributed by atoms with Crippen LogP contribution in [0.2, 0.25) is 0 Å². The number of aromatic amines is 1. The molecule has 4 rings (SSSR count). The van der Waals surface area contributed by atoms with Gasteiger partial charge in [-0.2, -0.15) is 0 Å². The monoisotopic (exact) mass is 377 g/mol. The van der Waals surface area contributed by atoms with Gasteiger partial charge in [0.05, 0.1) is 11.6 Å². The molecule has 1 aromatic heterocycles. The lowest BCUT2D eigenvalue weighted by Gasteiger charge is -2.22. The molecule has 146 valence electrons. The van der Waals surface area contributed by atoms with E-state index in [2.05, 4.69) is 36.2 Å². The van der Waals surface area contributed by atoms with Crippen molar-refractivity contribution in [2.45, 2.75) is 45.1 Å². The molecule has 2 heterocycles. The Morgan fingerprint density at radius 2 is 1.89 bits per heavy atom. The van der Waals surface area contributed by atoms with E-state index < -0.39 is 0 Å². The summed E-state index contributed by atoms with van der Waals surface area (Å²) in [5.41, 5.74) is 4.34. The van der Waals surface area contributed by atoms with E-state index in [1.54, 1.807) is 0 Å². The molecule has 1 aliphatic heterocycles. The van der Waals surface area contributed by atoms with Crippen molar-refractivity contribution in [3.05, 3.63) is 64.3 Å². The third kappa shape index (κ3) is 4.28. The average molecular weight is 377 g/mol. The van der Waals surface area contributed by atoms with Gasteiger partial charge in [-0.3, -0.25) is 4.79 Å². The molecule has 4 heteroatoms. The van der Waals surface area contributed by atoms with Crippen molar-refractivity contribution in [1.29, 1.82) is 0 Å². The highest BCUT2D eigenvalue weighted by molar-refractivity contribution is 5.84. The van der Waals surface area contributed by atoms with Crippen LogP contribution in [0.25, 0.3) is 22.0 Å². The number of hydrogen-bond acceptors (Lipinski definition) is 3. The maximum atomic E-state index is 12.5. The standard InChI is InChI=1S/C24H27NO3/c1-2-5-17-7-9-18(10-8-17)19-11-12-21-22(14-19)25-24(15-23(21)26)28-16-20-6-3-4-13-27-20/h7-12,14-15,20H,2-6,13,16H2,1H3,(H,25,26). The first kappa shape index (κ1) is 18.8. The summed E-state index contributed by atoms with van der Waals surface area (Å²) < 4.78 is 11.5.